The molecule has 2 aromatic rings. The number of ketones is 1. The molecule has 3 rings (SSSR count). The zero-order valence-electron chi connectivity index (χ0n) is 15.5. The molecule has 2 aromatic carbocycles. The van der Waals surface area contributed by atoms with Crippen LogP contribution in [0, 0.1) is 13.8 Å². The molecule has 1 saturated heterocycles. The highest BCUT2D eigenvalue weighted by Crippen LogP contribution is 2.18. The Morgan fingerprint density at radius 3 is 2.30 bits per heavy atom. The van der Waals surface area contributed by atoms with Crippen LogP contribution in [0.3, 0.4) is 0 Å². The van der Waals surface area contributed by atoms with Gasteiger partial charge in [0.1, 0.15) is 0 Å². The Balaban J connectivity index is 1.73. The average Bonchev–Trinajstić information content (AvgIpc) is 2.69. The summed E-state index contributed by atoms with van der Waals surface area (Å²) in [6.07, 6.45) is 3.28. The van der Waals surface area contributed by atoms with Crippen LogP contribution in [-0.2, 0) is 14.8 Å². The quantitative estimate of drug-likeness (QED) is 0.586. The highest BCUT2D eigenvalue weighted by atomic mass is 32.2. The molecule has 0 aromatic heterocycles. The Morgan fingerprint density at radius 2 is 1.67 bits per heavy atom. The van der Waals surface area contributed by atoms with Crippen LogP contribution in [0.25, 0.3) is 6.08 Å². The Labute approximate surface area is 160 Å². The van der Waals surface area contributed by atoms with Gasteiger partial charge in [-0.3, -0.25) is 4.79 Å². The molecule has 0 bridgehead atoms. The van der Waals surface area contributed by atoms with Crippen molar-refractivity contribution in [1.29, 1.82) is 0 Å². The number of rotatable bonds is 5. The van der Waals surface area contributed by atoms with E-state index in [1.165, 1.54) is 33.6 Å². The molecule has 0 unspecified atom stereocenters. The van der Waals surface area contributed by atoms with Crippen molar-refractivity contribution in [2.24, 2.45) is 0 Å². The minimum atomic E-state index is -3.54. The van der Waals surface area contributed by atoms with Gasteiger partial charge in [-0.15, -0.1) is 0 Å². The van der Waals surface area contributed by atoms with Crippen molar-refractivity contribution in [2.75, 3.05) is 26.3 Å². The van der Waals surface area contributed by atoms with Crippen LogP contribution in [0.5, 0.6) is 0 Å². The van der Waals surface area contributed by atoms with Gasteiger partial charge in [0.2, 0.25) is 10.0 Å². The summed E-state index contributed by atoms with van der Waals surface area (Å²) in [6, 6.07) is 12.1. The molecule has 0 amide bonds. The van der Waals surface area contributed by atoms with E-state index in [1.54, 1.807) is 18.2 Å². The van der Waals surface area contributed by atoms with E-state index in [0.29, 0.717) is 31.9 Å². The van der Waals surface area contributed by atoms with E-state index in [-0.39, 0.29) is 10.7 Å². The maximum Gasteiger partial charge on any atom is 0.243 e. The first-order valence-corrected chi connectivity index (χ1v) is 10.3. The molecule has 0 spiro atoms. The molecule has 1 heterocycles. The highest BCUT2D eigenvalue weighted by molar-refractivity contribution is 7.89. The van der Waals surface area contributed by atoms with E-state index in [9.17, 15) is 13.2 Å². The van der Waals surface area contributed by atoms with Crippen LogP contribution >= 0.6 is 0 Å². The van der Waals surface area contributed by atoms with Gasteiger partial charge in [0.25, 0.3) is 0 Å². The van der Waals surface area contributed by atoms with Crippen LogP contribution in [0.1, 0.15) is 27.0 Å². The number of allylic oxidation sites excluding steroid dienone is 1. The Hall–Kier alpha value is -2.28. The SMILES string of the molecule is Cc1ccc(/C=C/C(=O)c2ccc(S(=O)(=O)N3CCOCC3)cc2)cc1C. The summed E-state index contributed by atoms with van der Waals surface area (Å²) in [5, 5.41) is 0. The minimum absolute atomic E-state index is 0.163. The first-order chi connectivity index (χ1) is 12.9. The number of hydrogen-bond donors (Lipinski definition) is 0. The standard InChI is InChI=1S/C21H23NO4S/c1-16-3-4-18(15-17(16)2)5-10-21(23)19-6-8-20(9-7-19)27(24,25)22-11-13-26-14-12-22/h3-10,15H,11-14H2,1-2H3/b10-5+. The number of aryl methyl sites for hydroxylation is 2. The summed E-state index contributed by atoms with van der Waals surface area (Å²) in [7, 11) is -3.54. The first kappa shape index (κ1) is 19.5. The van der Waals surface area contributed by atoms with Gasteiger partial charge in [-0.1, -0.05) is 24.3 Å². The lowest BCUT2D eigenvalue weighted by atomic mass is 10.0. The lowest BCUT2D eigenvalue weighted by Crippen LogP contribution is -2.40. The molecule has 5 nitrogen and oxygen atoms in total. The summed E-state index contributed by atoms with van der Waals surface area (Å²) in [5.74, 6) is -0.163. The zero-order valence-corrected chi connectivity index (χ0v) is 16.3. The summed E-state index contributed by atoms with van der Waals surface area (Å²) in [4.78, 5) is 12.6. The molecule has 0 N–H and O–H groups in total. The Morgan fingerprint density at radius 1 is 1.00 bits per heavy atom. The van der Waals surface area contributed by atoms with E-state index in [0.717, 1.165) is 5.56 Å². The number of carbonyl (C=O) groups is 1. The number of sulfonamides is 1. The van der Waals surface area contributed by atoms with Crippen molar-refractivity contribution >= 4 is 21.9 Å². The third kappa shape index (κ3) is 4.53. The highest BCUT2D eigenvalue weighted by Gasteiger charge is 2.26. The van der Waals surface area contributed by atoms with Gasteiger partial charge in [-0.25, -0.2) is 8.42 Å². The monoisotopic (exact) mass is 385 g/mol. The van der Waals surface area contributed by atoms with Crippen LogP contribution in [-0.4, -0.2) is 44.8 Å². The molecule has 1 fully saturated rings. The van der Waals surface area contributed by atoms with Crippen molar-refractivity contribution in [2.45, 2.75) is 18.7 Å². The molecule has 0 saturated carbocycles. The van der Waals surface area contributed by atoms with E-state index in [2.05, 4.69) is 0 Å². The third-order valence-corrected chi connectivity index (χ3v) is 6.62. The second-order valence-electron chi connectivity index (χ2n) is 6.58. The lowest BCUT2D eigenvalue weighted by molar-refractivity contribution is 0.0730. The largest absolute Gasteiger partial charge is 0.379 e. The van der Waals surface area contributed by atoms with Gasteiger partial charge in [-0.2, -0.15) is 4.31 Å². The van der Waals surface area contributed by atoms with Crippen molar-refractivity contribution in [3.05, 3.63) is 70.8 Å². The average molecular weight is 385 g/mol. The number of nitrogens with zero attached hydrogens (tertiary/aromatic N) is 1. The van der Waals surface area contributed by atoms with Gasteiger partial charge >= 0.3 is 0 Å². The maximum atomic E-state index is 12.6. The van der Waals surface area contributed by atoms with Gasteiger partial charge in [-0.05, 0) is 60.9 Å². The molecule has 27 heavy (non-hydrogen) atoms. The fraction of sp³-hybridized carbons (Fsp3) is 0.286. The molecule has 0 aliphatic carbocycles. The minimum Gasteiger partial charge on any atom is -0.379 e. The lowest BCUT2D eigenvalue weighted by Gasteiger charge is -2.26. The smallest absolute Gasteiger partial charge is 0.243 e. The van der Waals surface area contributed by atoms with Crippen molar-refractivity contribution in [3.63, 3.8) is 0 Å². The van der Waals surface area contributed by atoms with Crippen LogP contribution in [0.2, 0.25) is 0 Å². The molecule has 6 heteroatoms. The predicted molar refractivity (Wildman–Crippen MR) is 105 cm³/mol. The van der Waals surface area contributed by atoms with Crippen molar-refractivity contribution in [3.8, 4) is 0 Å². The molecule has 142 valence electrons. The molecule has 1 aliphatic heterocycles. The number of hydrogen-bond acceptors (Lipinski definition) is 4. The molecular formula is C21H23NO4S. The van der Waals surface area contributed by atoms with Crippen LogP contribution in [0.15, 0.2) is 53.4 Å². The van der Waals surface area contributed by atoms with Gasteiger partial charge < -0.3 is 4.74 Å². The first-order valence-electron chi connectivity index (χ1n) is 8.85. The summed E-state index contributed by atoms with van der Waals surface area (Å²) >= 11 is 0. The Bertz CT molecular complexity index is 956. The molecule has 0 radical (unpaired) electrons. The maximum absolute atomic E-state index is 12.6. The van der Waals surface area contributed by atoms with E-state index < -0.39 is 10.0 Å². The van der Waals surface area contributed by atoms with E-state index in [4.69, 9.17) is 4.74 Å². The fourth-order valence-corrected chi connectivity index (χ4v) is 4.27. The van der Waals surface area contributed by atoms with Gasteiger partial charge in [0.05, 0.1) is 18.1 Å². The van der Waals surface area contributed by atoms with Crippen LogP contribution in [0.4, 0.5) is 0 Å². The molecule has 0 atom stereocenters. The molecular weight excluding hydrogens is 362 g/mol. The normalized spacial score (nSPS) is 15.9. The van der Waals surface area contributed by atoms with Gasteiger partial charge in [0, 0.05) is 18.7 Å². The van der Waals surface area contributed by atoms with Crippen LogP contribution < -0.4 is 0 Å². The molecule has 1 aliphatic rings. The second kappa shape index (κ2) is 8.17. The number of carbonyl (C=O) groups excluding carboxylic acids is 1. The number of morpholine rings is 1. The van der Waals surface area contributed by atoms with E-state index in [1.807, 2.05) is 32.0 Å². The zero-order chi connectivity index (χ0) is 19.4. The van der Waals surface area contributed by atoms with Crippen molar-refractivity contribution < 1.29 is 17.9 Å². The summed E-state index contributed by atoms with van der Waals surface area (Å²) < 4.78 is 31.8. The predicted octanol–water partition coefficient (Wildman–Crippen LogP) is 3.22. The van der Waals surface area contributed by atoms with E-state index >= 15 is 0 Å². The second-order valence-corrected chi connectivity index (χ2v) is 8.52. The van der Waals surface area contributed by atoms with Gasteiger partial charge in [0.15, 0.2) is 5.78 Å². The van der Waals surface area contributed by atoms with Crippen molar-refractivity contribution in [1.82, 2.24) is 4.31 Å². The Kier molecular flexibility index (Phi) is 5.89. The summed E-state index contributed by atoms with van der Waals surface area (Å²) in [5.41, 5.74) is 3.78. The summed E-state index contributed by atoms with van der Waals surface area (Å²) in [6.45, 7) is 5.57. The fourth-order valence-electron chi connectivity index (χ4n) is 2.86. The number of benzene rings is 2. The third-order valence-electron chi connectivity index (χ3n) is 4.70. The number of ether oxygens (including phenoxy) is 1. The topological polar surface area (TPSA) is 63.7 Å².